The van der Waals surface area contributed by atoms with Gasteiger partial charge in [-0.05, 0) is 23.8 Å². The number of tetrazole rings is 1. The average molecular weight is 236 g/mol. The highest BCUT2D eigenvalue weighted by molar-refractivity contribution is 7.14. The molecular formula is C10H12N4OS. The van der Waals surface area contributed by atoms with E-state index in [1.165, 1.54) is 21.0 Å². The highest BCUT2D eigenvalue weighted by atomic mass is 32.1. The lowest BCUT2D eigenvalue weighted by Gasteiger charge is -1.92. The van der Waals surface area contributed by atoms with Crippen LogP contribution in [0, 0.1) is 0 Å². The fraction of sp³-hybridized carbons (Fsp3) is 0.400. The van der Waals surface area contributed by atoms with Crippen LogP contribution in [0.5, 0.6) is 0 Å². The van der Waals surface area contributed by atoms with E-state index in [9.17, 15) is 4.79 Å². The Hall–Kier alpha value is -1.56. The fourth-order valence-corrected chi connectivity index (χ4v) is 2.23. The van der Waals surface area contributed by atoms with Crippen molar-refractivity contribution in [2.45, 2.75) is 19.8 Å². The Morgan fingerprint density at radius 3 is 2.88 bits per heavy atom. The monoisotopic (exact) mass is 236 g/mol. The number of thiophene rings is 1. The summed E-state index contributed by atoms with van der Waals surface area (Å²) < 4.78 is 0. The quantitative estimate of drug-likeness (QED) is 0.750. The van der Waals surface area contributed by atoms with E-state index < -0.39 is 0 Å². The average Bonchev–Trinajstić information content (AvgIpc) is 2.87. The maximum atomic E-state index is 11.8. The molecule has 5 nitrogen and oxygen atoms in total. The van der Waals surface area contributed by atoms with Gasteiger partial charge in [0.25, 0.3) is 0 Å². The predicted molar refractivity (Wildman–Crippen MR) is 60.5 cm³/mol. The lowest BCUT2D eigenvalue weighted by atomic mass is 10.2. The molecule has 0 aliphatic carbocycles. The van der Waals surface area contributed by atoms with Crippen LogP contribution in [0.2, 0.25) is 0 Å². The zero-order valence-corrected chi connectivity index (χ0v) is 9.99. The molecule has 0 atom stereocenters. The molecule has 16 heavy (non-hydrogen) atoms. The molecule has 0 bridgehead atoms. The molecule has 0 saturated carbocycles. The lowest BCUT2D eigenvalue weighted by molar-refractivity contribution is 0.0994. The number of rotatable bonds is 4. The molecule has 0 saturated heterocycles. The summed E-state index contributed by atoms with van der Waals surface area (Å²) in [6, 6.07) is 3.85. The molecule has 84 valence electrons. The summed E-state index contributed by atoms with van der Waals surface area (Å²) in [4.78, 5) is 15.2. The SMILES string of the molecule is CCc1ccc(C(=O)Cc2nnn(C)n2)s1. The van der Waals surface area contributed by atoms with Crippen LogP contribution in [-0.4, -0.2) is 26.0 Å². The van der Waals surface area contributed by atoms with E-state index in [0.717, 1.165) is 11.3 Å². The van der Waals surface area contributed by atoms with Gasteiger partial charge in [0.15, 0.2) is 11.6 Å². The number of hydrogen-bond acceptors (Lipinski definition) is 5. The molecule has 0 aliphatic rings. The van der Waals surface area contributed by atoms with Crippen molar-refractivity contribution < 1.29 is 4.79 Å². The van der Waals surface area contributed by atoms with Crippen LogP contribution in [0.4, 0.5) is 0 Å². The predicted octanol–water partition coefficient (Wildman–Crippen LogP) is 1.26. The van der Waals surface area contributed by atoms with Crippen molar-refractivity contribution in [3.05, 3.63) is 27.7 Å². The van der Waals surface area contributed by atoms with Gasteiger partial charge in [-0.25, -0.2) is 0 Å². The molecule has 2 aromatic heterocycles. The Labute approximate surface area is 97.1 Å². The van der Waals surface area contributed by atoms with Crippen LogP contribution < -0.4 is 0 Å². The second kappa shape index (κ2) is 4.52. The standard InChI is InChI=1S/C10H12N4OS/c1-3-7-4-5-9(16-7)8(15)6-10-11-13-14(2)12-10/h4-5H,3,6H2,1-2H3. The zero-order chi connectivity index (χ0) is 11.5. The van der Waals surface area contributed by atoms with Crippen molar-refractivity contribution >= 4 is 17.1 Å². The van der Waals surface area contributed by atoms with E-state index in [1.54, 1.807) is 7.05 Å². The van der Waals surface area contributed by atoms with Gasteiger partial charge in [-0.15, -0.1) is 21.5 Å². The van der Waals surface area contributed by atoms with Crippen molar-refractivity contribution in [2.24, 2.45) is 7.05 Å². The number of carbonyl (C=O) groups excluding carboxylic acids is 1. The smallest absolute Gasteiger partial charge is 0.182 e. The van der Waals surface area contributed by atoms with Gasteiger partial charge in [-0.3, -0.25) is 4.79 Å². The molecule has 0 N–H and O–H groups in total. The van der Waals surface area contributed by atoms with Gasteiger partial charge in [0.2, 0.25) is 0 Å². The summed E-state index contributed by atoms with van der Waals surface area (Å²) in [5, 5.41) is 11.5. The highest BCUT2D eigenvalue weighted by Crippen LogP contribution is 2.18. The molecule has 0 aliphatic heterocycles. The third-order valence-corrected chi connectivity index (χ3v) is 3.42. The molecule has 0 radical (unpaired) electrons. The van der Waals surface area contributed by atoms with Gasteiger partial charge in [-0.2, -0.15) is 4.80 Å². The first kappa shape index (κ1) is 10.9. The summed E-state index contributed by atoms with van der Waals surface area (Å²) in [6.45, 7) is 2.07. The van der Waals surface area contributed by atoms with Crippen LogP contribution in [0.3, 0.4) is 0 Å². The lowest BCUT2D eigenvalue weighted by Crippen LogP contribution is -2.03. The number of aryl methyl sites for hydroxylation is 2. The van der Waals surface area contributed by atoms with E-state index in [2.05, 4.69) is 22.3 Å². The highest BCUT2D eigenvalue weighted by Gasteiger charge is 2.12. The number of nitrogens with zero attached hydrogens (tertiary/aromatic N) is 4. The Bertz CT molecular complexity index is 502. The van der Waals surface area contributed by atoms with Crippen molar-refractivity contribution in [1.29, 1.82) is 0 Å². The molecule has 6 heteroatoms. The molecule has 0 aromatic carbocycles. The van der Waals surface area contributed by atoms with E-state index in [4.69, 9.17) is 0 Å². The van der Waals surface area contributed by atoms with Crippen molar-refractivity contribution in [2.75, 3.05) is 0 Å². The second-order valence-corrected chi connectivity index (χ2v) is 4.58. The van der Waals surface area contributed by atoms with E-state index >= 15 is 0 Å². The third kappa shape index (κ3) is 2.33. The molecule has 0 spiro atoms. The minimum atomic E-state index is 0.0534. The van der Waals surface area contributed by atoms with Crippen molar-refractivity contribution in [3.63, 3.8) is 0 Å². The summed E-state index contributed by atoms with van der Waals surface area (Å²) in [6.07, 6.45) is 1.18. The van der Waals surface area contributed by atoms with Crippen molar-refractivity contribution in [1.82, 2.24) is 20.2 Å². The minimum absolute atomic E-state index is 0.0534. The minimum Gasteiger partial charge on any atom is -0.293 e. The molecular weight excluding hydrogens is 224 g/mol. The zero-order valence-electron chi connectivity index (χ0n) is 9.17. The Morgan fingerprint density at radius 2 is 2.31 bits per heavy atom. The largest absolute Gasteiger partial charge is 0.293 e. The second-order valence-electron chi connectivity index (χ2n) is 3.41. The number of hydrogen-bond donors (Lipinski definition) is 0. The van der Waals surface area contributed by atoms with Gasteiger partial charge in [0.05, 0.1) is 18.3 Å². The topological polar surface area (TPSA) is 60.7 Å². The number of ketones is 1. The fourth-order valence-electron chi connectivity index (χ4n) is 1.34. The summed E-state index contributed by atoms with van der Waals surface area (Å²) >= 11 is 1.53. The molecule has 2 heterocycles. The first-order chi connectivity index (χ1) is 7.69. The summed E-state index contributed by atoms with van der Waals surface area (Å²) in [7, 11) is 1.68. The van der Waals surface area contributed by atoms with Crippen LogP contribution >= 0.6 is 11.3 Å². The Morgan fingerprint density at radius 1 is 1.50 bits per heavy atom. The number of aromatic nitrogens is 4. The maximum Gasteiger partial charge on any atom is 0.182 e. The molecule has 0 unspecified atom stereocenters. The van der Waals surface area contributed by atoms with E-state index in [-0.39, 0.29) is 12.2 Å². The molecule has 0 amide bonds. The first-order valence-corrected chi connectivity index (χ1v) is 5.85. The molecule has 2 rings (SSSR count). The van der Waals surface area contributed by atoms with Crippen molar-refractivity contribution in [3.8, 4) is 0 Å². The van der Waals surface area contributed by atoms with E-state index in [1.807, 2.05) is 12.1 Å². The van der Waals surface area contributed by atoms with Gasteiger partial charge >= 0.3 is 0 Å². The Balaban J connectivity index is 2.08. The van der Waals surface area contributed by atoms with Gasteiger partial charge in [-0.1, -0.05) is 6.92 Å². The molecule has 0 fully saturated rings. The normalized spacial score (nSPS) is 10.6. The first-order valence-electron chi connectivity index (χ1n) is 5.04. The molecule has 2 aromatic rings. The van der Waals surface area contributed by atoms with Crippen LogP contribution in [0.25, 0.3) is 0 Å². The summed E-state index contributed by atoms with van der Waals surface area (Å²) in [5.41, 5.74) is 0. The van der Waals surface area contributed by atoms with Gasteiger partial charge in [0, 0.05) is 4.88 Å². The van der Waals surface area contributed by atoms with Crippen LogP contribution in [-0.2, 0) is 19.9 Å². The maximum absolute atomic E-state index is 11.8. The van der Waals surface area contributed by atoms with Gasteiger partial charge in [0.1, 0.15) is 0 Å². The third-order valence-electron chi connectivity index (χ3n) is 2.15. The number of Topliss-reactive ketones (excluding diaryl/α,β-unsaturated/α-hetero) is 1. The van der Waals surface area contributed by atoms with Crippen LogP contribution in [0.15, 0.2) is 12.1 Å². The van der Waals surface area contributed by atoms with Gasteiger partial charge < -0.3 is 0 Å². The van der Waals surface area contributed by atoms with E-state index in [0.29, 0.717) is 5.82 Å². The Kier molecular flexibility index (Phi) is 3.09. The summed E-state index contributed by atoms with van der Waals surface area (Å²) in [5.74, 6) is 0.525. The van der Waals surface area contributed by atoms with Crippen LogP contribution in [0.1, 0.15) is 27.3 Å². The number of carbonyl (C=O) groups is 1.